The molecule has 0 fully saturated rings. The average molecular weight is 230 g/mol. The van der Waals surface area contributed by atoms with Gasteiger partial charge in [0.2, 0.25) is 0 Å². The van der Waals surface area contributed by atoms with Gasteiger partial charge in [0.05, 0.1) is 17.2 Å². The van der Waals surface area contributed by atoms with Gasteiger partial charge in [-0.3, -0.25) is 10.1 Å². The number of rotatable bonds is 4. The highest BCUT2D eigenvalue weighted by Crippen LogP contribution is 2.25. The van der Waals surface area contributed by atoms with Gasteiger partial charge in [0.25, 0.3) is 5.88 Å². The van der Waals surface area contributed by atoms with Crippen LogP contribution >= 0.6 is 0 Å². The molecule has 7 nitrogen and oxygen atoms in total. The molecular weight excluding hydrogens is 223 g/mol. The average Bonchev–Trinajstić information content (AvgIpc) is 2.20. The zero-order valence-electron chi connectivity index (χ0n) is 8.08. The van der Waals surface area contributed by atoms with Crippen LogP contribution in [-0.4, -0.2) is 27.1 Å². The summed E-state index contributed by atoms with van der Waals surface area (Å²) in [7, 11) is 0. The summed E-state index contributed by atoms with van der Waals surface area (Å²) in [5.41, 5.74) is -0.715. The molecule has 0 saturated heterocycles. The molecule has 0 radical (unpaired) electrons. The fourth-order valence-electron chi connectivity index (χ4n) is 0.855. The van der Waals surface area contributed by atoms with E-state index in [9.17, 15) is 19.3 Å². The molecule has 0 unspecified atom stereocenters. The van der Waals surface area contributed by atoms with Crippen LogP contribution in [-0.2, 0) is 4.79 Å². The molecule has 0 aliphatic heterocycles. The predicted octanol–water partition coefficient (Wildman–Crippen LogP) is 0.981. The molecule has 0 aliphatic rings. The fourth-order valence-corrected chi connectivity index (χ4v) is 0.855. The summed E-state index contributed by atoms with van der Waals surface area (Å²) in [4.78, 5) is 23.4. The smallest absolute Gasteiger partial charge is 0.344 e. The van der Waals surface area contributed by atoms with Crippen LogP contribution < -0.4 is 4.74 Å². The molecule has 0 bridgehead atoms. The van der Waals surface area contributed by atoms with E-state index < -0.39 is 34.4 Å². The van der Waals surface area contributed by atoms with E-state index in [4.69, 9.17) is 9.84 Å². The van der Waals surface area contributed by atoms with E-state index in [2.05, 4.69) is 4.98 Å². The molecule has 8 heteroatoms. The van der Waals surface area contributed by atoms with Gasteiger partial charge in [0.1, 0.15) is 5.82 Å². The number of carboxylic acids is 1. The molecule has 1 aromatic heterocycles. The van der Waals surface area contributed by atoms with Crippen LogP contribution in [0.2, 0.25) is 0 Å². The molecule has 0 amide bonds. The third-order valence-corrected chi connectivity index (χ3v) is 1.63. The lowest BCUT2D eigenvalue weighted by Crippen LogP contribution is -2.23. The number of ether oxygens (including phenoxy) is 1. The summed E-state index contributed by atoms with van der Waals surface area (Å²) in [6.45, 7) is 1.18. The SMILES string of the molecule is C[C@H](Oc1ncc(F)cc1[N+](=O)[O-])C(=O)O. The van der Waals surface area contributed by atoms with E-state index >= 15 is 0 Å². The van der Waals surface area contributed by atoms with Crippen molar-refractivity contribution < 1.29 is 24.0 Å². The van der Waals surface area contributed by atoms with E-state index in [0.717, 1.165) is 0 Å². The van der Waals surface area contributed by atoms with Crippen molar-refractivity contribution in [1.82, 2.24) is 4.98 Å². The lowest BCUT2D eigenvalue weighted by Gasteiger charge is -2.08. The van der Waals surface area contributed by atoms with Crippen molar-refractivity contribution >= 4 is 11.7 Å². The molecule has 1 atom stereocenters. The molecule has 0 saturated carbocycles. The maximum absolute atomic E-state index is 12.7. The Balaban J connectivity index is 3.04. The molecule has 0 aromatic carbocycles. The summed E-state index contributed by atoms with van der Waals surface area (Å²) < 4.78 is 17.4. The van der Waals surface area contributed by atoms with E-state index in [-0.39, 0.29) is 0 Å². The summed E-state index contributed by atoms with van der Waals surface area (Å²) in [6.07, 6.45) is -0.603. The normalized spacial score (nSPS) is 11.9. The number of nitro groups is 1. The van der Waals surface area contributed by atoms with Crippen LogP contribution in [0.1, 0.15) is 6.92 Å². The molecular formula is C8H7FN2O5. The minimum absolute atomic E-state index is 0.527. The van der Waals surface area contributed by atoms with Crippen LogP contribution in [0.15, 0.2) is 12.3 Å². The van der Waals surface area contributed by atoms with E-state index in [1.807, 2.05) is 0 Å². The highest BCUT2D eigenvalue weighted by Gasteiger charge is 2.22. The minimum atomic E-state index is -1.31. The van der Waals surface area contributed by atoms with Gasteiger partial charge in [-0.2, -0.15) is 0 Å². The Morgan fingerprint density at radius 3 is 2.88 bits per heavy atom. The van der Waals surface area contributed by atoms with Gasteiger partial charge in [-0.05, 0) is 6.92 Å². The lowest BCUT2D eigenvalue weighted by molar-refractivity contribution is -0.386. The van der Waals surface area contributed by atoms with Crippen LogP contribution in [0.25, 0.3) is 0 Å². The standard InChI is InChI=1S/C8H7FN2O5/c1-4(8(12)13)16-7-6(11(14)15)2-5(9)3-10-7/h2-4H,1H3,(H,12,13)/t4-/m0/s1. The summed E-state index contributed by atoms with van der Waals surface area (Å²) in [5, 5.41) is 19.0. The summed E-state index contributed by atoms with van der Waals surface area (Å²) in [6, 6.07) is 0.608. The van der Waals surface area contributed by atoms with Crippen molar-refractivity contribution in [3.05, 3.63) is 28.2 Å². The summed E-state index contributed by atoms with van der Waals surface area (Å²) in [5.74, 6) is -2.73. The fraction of sp³-hybridized carbons (Fsp3) is 0.250. The zero-order valence-corrected chi connectivity index (χ0v) is 8.08. The van der Waals surface area contributed by atoms with Crippen LogP contribution in [0.5, 0.6) is 5.88 Å². The molecule has 0 aliphatic carbocycles. The first-order valence-corrected chi connectivity index (χ1v) is 4.11. The number of nitrogens with zero attached hydrogens (tertiary/aromatic N) is 2. The van der Waals surface area contributed by atoms with Gasteiger partial charge in [0.15, 0.2) is 6.10 Å². The van der Waals surface area contributed by atoms with E-state index in [0.29, 0.717) is 12.3 Å². The molecule has 1 rings (SSSR count). The first-order chi connectivity index (χ1) is 7.41. The quantitative estimate of drug-likeness (QED) is 0.610. The largest absolute Gasteiger partial charge is 0.479 e. The van der Waals surface area contributed by atoms with Crippen molar-refractivity contribution in [2.75, 3.05) is 0 Å². The number of carbonyl (C=O) groups is 1. The second kappa shape index (κ2) is 4.51. The second-order valence-corrected chi connectivity index (χ2v) is 2.83. The first-order valence-electron chi connectivity index (χ1n) is 4.11. The highest BCUT2D eigenvalue weighted by atomic mass is 19.1. The maximum Gasteiger partial charge on any atom is 0.344 e. The third kappa shape index (κ3) is 2.62. The number of carboxylic acid groups (broad SMARTS) is 1. The predicted molar refractivity (Wildman–Crippen MR) is 48.6 cm³/mol. The van der Waals surface area contributed by atoms with E-state index in [1.165, 1.54) is 6.92 Å². The number of aliphatic carboxylic acids is 1. The number of hydrogen-bond acceptors (Lipinski definition) is 5. The van der Waals surface area contributed by atoms with Gasteiger partial charge < -0.3 is 9.84 Å². The van der Waals surface area contributed by atoms with Crippen molar-refractivity contribution in [3.63, 3.8) is 0 Å². The van der Waals surface area contributed by atoms with Crippen molar-refractivity contribution in [1.29, 1.82) is 0 Å². The Labute approximate surface area is 88.6 Å². The second-order valence-electron chi connectivity index (χ2n) is 2.83. The zero-order chi connectivity index (χ0) is 12.3. The van der Waals surface area contributed by atoms with Crippen LogP contribution in [0.4, 0.5) is 10.1 Å². The molecule has 16 heavy (non-hydrogen) atoms. The van der Waals surface area contributed by atoms with Gasteiger partial charge in [-0.25, -0.2) is 14.2 Å². The Kier molecular flexibility index (Phi) is 3.33. The number of aromatic nitrogens is 1. The Morgan fingerprint density at radius 1 is 1.75 bits per heavy atom. The van der Waals surface area contributed by atoms with Gasteiger partial charge in [-0.15, -0.1) is 0 Å². The number of hydrogen-bond donors (Lipinski definition) is 1. The first kappa shape index (κ1) is 11.8. The summed E-state index contributed by atoms with van der Waals surface area (Å²) >= 11 is 0. The Bertz CT molecular complexity index is 436. The molecule has 1 heterocycles. The highest BCUT2D eigenvalue weighted by molar-refractivity contribution is 5.72. The van der Waals surface area contributed by atoms with E-state index in [1.54, 1.807) is 0 Å². The lowest BCUT2D eigenvalue weighted by atomic mass is 10.4. The minimum Gasteiger partial charge on any atom is -0.479 e. The van der Waals surface area contributed by atoms with Crippen LogP contribution in [0, 0.1) is 15.9 Å². The van der Waals surface area contributed by atoms with Crippen molar-refractivity contribution in [3.8, 4) is 5.88 Å². The Hall–Kier alpha value is -2.25. The topological polar surface area (TPSA) is 103 Å². The maximum atomic E-state index is 12.7. The monoisotopic (exact) mass is 230 g/mol. The molecule has 1 aromatic rings. The van der Waals surface area contributed by atoms with Crippen molar-refractivity contribution in [2.45, 2.75) is 13.0 Å². The number of pyridine rings is 1. The van der Waals surface area contributed by atoms with Gasteiger partial charge in [-0.1, -0.05) is 0 Å². The number of halogens is 1. The third-order valence-electron chi connectivity index (χ3n) is 1.63. The molecule has 1 N–H and O–H groups in total. The van der Waals surface area contributed by atoms with Crippen LogP contribution in [0.3, 0.4) is 0 Å². The van der Waals surface area contributed by atoms with Gasteiger partial charge >= 0.3 is 11.7 Å². The molecule has 0 spiro atoms. The molecule has 86 valence electrons. The Morgan fingerprint density at radius 2 is 2.38 bits per heavy atom. The van der Waals surface area contributed by atoms with Crippen molar-refractivity contribution in [2.24, 2.45) is 0 Å². The van der Waals surface area contributed by atoms with Gasteiger partial charge in [0, 0.05) is 0 Å².